The van der Waals surface area contributed by atoms with Crippen LogP contribution in [0.25, 0.3) is 0 Å². The predicted octanol–water partition coefficient (Wildman–Crippen LogP) is 3.27. The standard InChI is InChI=1S/C15H18FN3S/c1-9(17)6-12-8-13(16)4-5-14(12)20-15-18-10(2)7-11(3)19-15/h4-5,7-9H,6,17H2,1-3H3. The Kier molecular flexibility index (Phi) is 4.73. The number of rotatable bonds is 4. The van der Waals surface area contributed by atoms with Crippen molar-refractivity contribution in [1.82, 2.24) is 9.97 Å². The number of nitrogens with zero attached hydrogens (tertiary/aromatic N) is 2. The topological polar surface area (TPSA) is 51.8 Å². The summed E-state index contributed by atoms with van der Waals surface area (Å²) in [4.78, 5) is 9.75. The van der Waals surface area contributed by atoms with Crippen LogP contribution in [-0.4, -0.2) is 16.0 Å². The molecule has 2 rings (SSSR count). The Morgan fingerprint density at radius 2 is 1.85 bits per heavy atom. The highest BCUT2D eigenvalue weighted by molar-refractivity contribution is 7.99. The minimum absolute atomic E-state index is 0.0173. The molecule has 0 saturated heterocycles. The van der Waals surface area contributed by atoms with Crippen molar-refractivity contribution in [2.45, 2.75) is 43.3 Å². The summed E-state index contributed by atoms with van der Waals surface area (Å²) in [7, 11) is 0. The second-order valence-corrected chi connectivity index (χ2v) is 5.98. The Labute approximate surface area is 122 Å². The highest BCUT2D eigenvalue weighted by Crippen LogP contribution is 2.29. The van der Waals surface area contributed by atoms with Gasteiger partial charge in [0.05, 0.1) is 0 Å². The monoisotopic (exact) mass is 291 g/mol. The summed E-state index contributed by atoms with van der Waals surface area (Å²) in [6.45, 7) is 5.78. The van der Waals surface area contributed by atoms with Crippen LogP contribution in [0.15, 0.2) is 34.3 Å². The van der Waals surface area contributed by atoms with Gasteiger partial charge in [-0.2, -0.15) is 0 Å². The van der Waals surface area contributed by atoms with Gasteiger partial charge in [0.25, 0.3) is 0 Å². The first-order chi connectivity index (χ1) is 9.44. The summed E-state index contributed by atoms with van der Waals surface area (Å²) in [5, 5.41) is 0.681. The third-order valence-electron chi connectivity index (χ3n) is 2.73. The number of aromatic nitrogens is 2. The fourth-order valence-electron chi connectivity index (χ4n) is 1.99. The lowest BCUT2D eigenvalue weighted by atomic mass is 10.1. The number of aryl methyl sites for hydroxylation is 2. The van der Waals surface area contributed by atoms with E-state index in [1.807, 2.05) is 26.8 Å². The van der Waals surface area contributed by atoms with Crippen LogP contribution in [0, 0.1) is 19.7 Å². The van der Waals surface area contributed by atoms with Crippen molar-refractivity contribution < 1.29 is 4.39 Å². The van der Waals surface area contributed by atoms with Crippen molar-refractivity contribution in [2.75, 3.05) is 0 Å². The van der Waals surface area contributed by atoms with Crippen LogP contribution in [0.5, 0.6) is 0 Å². The van der Waals surface area contributed by atoms with E-state index in [4.69, 9.17) is 5.73 Å². The molecule has 0 amide bonds. The molecule has 106 valence electrons. The van der Waals surface area contributed by atoms with Crippen molar-refractivity contribution in [2.24, 2.45) is 5.73 Å². The molecule has 1 unspecified atom stereocenters. The molecule has 1 aromatic carbocycles. The molecule has 0 fully saturated rings. The summed E-state index contributed by atoms with van der Waals surface area (Å²) in [6, 6.07) is 6.66. The van der Waals surface area contributed by atoms with Crippen LogP contribution in [0.4, 0.5) is 4.39 Å². The zero-order chi connectivity index (χ0) is 14.7. The van der Waals surface area contributed by atoms with Gasteiger partial charge in [-0.3, -0.25) is 0 Å². The molecule has 0 aliphatic heterocycles. The lowest BCUT2D eigenvalue weighted by molar-refractivity contribution is 0.620. The molecular formula is C15H18FN3S. The normalized spacial score (nSPS) is 12.4. The molecule has 0 aliphatic rings. The fraction of sp³-hybridized carbons (Fsp3) is 0.333. The molecule has 1 atom stereocenters. The van der Waals surface area contributed by atoms with E-state index in [0.717, 1.165) is 21.8 Å². The largest absolute Gasteiger partial charge is 0.328 e. The van der Waals surface area contributed by atoms with Gasteiger partial charge in [0.15, 0.2) is 5.16 Å². The van der Waals surface area contributed by atoms with Crippen LogP contribution >= 0.6 is 11.8 Å². The van der Waals surface area contributed by atoms with Crippen molar-refractivity contribution >= 4 is 11.8 Å². The Morgan fingerprint density at radius 3 is 2.45 bits per heavy atom. The summed E-state index contributed by atoms with van der Waals surface area (Å²) in [6.07, 6.45) is 0.630. The Balaban J connectivity index is 2.32. The minimum atomic E-state index is -0.244. The van der Waals surface area contributed by atoms with E-state index in [1.54, 1.807) is 6.07 Å². The zero-order valence-corrected chi connectivity index (χ0v) is 12.7. The van der Waals surface area contributed by atoms with Gasteiger partial charge in [-0.05, 0) is 68.8 Å². The summed E-state index contributed by atoms with van der Waals surface area (Å²) < 4.78 is 13.4. The van der Waals surface area contributed by atoms with E-state index in [2.05, 4.69) is 9.97 Å². The van der Waals surface area contributed by atoms with E-state index in [1.165, 1.54) is 23.9 Å². The van der Waals surface area contributed by atoms with Gasteiger partial charge in [-0.15, -0.1) is 0 Å². The number of halogens is 1. The molecule has 20 heavy (non-hydrogen) atoms. The average molecular weight is 291 g/mol. The Hall–Kier alpha value is -1.46. The molecule has 0 bridgehead atoms. The third-order valence-corrected chi connectivity index (χ3v) is 3.71. The van der Waals surface area contributed by atoms with Crippen molar-refractivity contribution in [3.63, 3.8) is 0 Å². The second kappa shape index (κ2) is 6.33. The smallest absolute Gasteiger partial charge is 0.192 e. The highest BCUT2D eigenvalue weighted by atomic mass is 32.2. The van der Waals surface area contributed by atoms with E-state index >= 15 is 0 Å². The van der Waals surface area contributed by atoms with Crippen molar-refractivity contribution in [1.29, 1.82) is 0 Å². The van der Waals surface area contributed by atoms with E-state index in [0.29, 0.717) is 11.6 Å². The third kappa shape index (κ3) is 4.02. The van der Waals surface area contributed by atoms with Crippen LogP contribution < -0.4 is 5.73 Å². The first-order valence-electron chi connectivity index (χ1n) is 6.48. The predicted molar refractivity (Wildman–Crippen MR) is 79.4 cm³/mol. The minimum Gasteiger partial charge on any atom is -0.328 e. The van der Waals surface area contributed by atoms with Crippen LogP contribution in [0.3, 0.4) is 0 Å². The van der Waals surface area contributed by atoms with Gasteiger partial charge in [-0.1, -0.05) is 0 Å². The molecule has 1 heterocycles. The molecular weight excluding hydrogens is 273 g/mol. The molecule has 2 N–H and O–H groups in total. The second-order valence-electron chi connectivity index (χ2n) is 4.97. The van der Waals surface area contributed by atoms with Crippen LogP contribution in [0.1, 0.15) is 23.9 Å². The first-order valence-corrected chi connectivity index (χ1v) is 7.30. The van der Waals surface area contributed by atoms with Gasteiger partial charge in [0.1, 0.15) is 5.82 Å². The molecule has 0 radical (unpaired) electrons. The number of nitrogens with two attached hydrogens (primary N) is 1. The van der Waals surface area contributed by atoms with Crippen LogP contribution in [-0.2, 0) is 6.42 Å². The first kappa shape index (κ1) is 14.9. The fourth-order valence-corrected chi connectivity index (χ4v) is 2.98. The maximum atomic E-state index is 13.4. The van der Waals surface area contributed by atoms with E-state index in [9.17, 15) is 4.39 Å². The van der Waals surface area contributed by atoms with Gasteiger partial charge in [0.2, 0.25) is 0 Å². The summed E-state index contributed by atoms with van der Waals surface area (Å²) in [5.41, 5.74) is 8.57. The van der Waals surface area contributed by atoms with E-state index in [-0.39, 0.29) is 11.9 Å². The lowest BCUT2D eigenvalue weighted by Gasteiger charge is -2.11. The number of hydrogen-bond acceptors (Lipinski definition) is 4. The van der Waals surface area contributed by atoms with Gasteiger partial charge in [-0.25, -0.2) is 14.4 Å². The zero-order valence-electron chi connectivity index (χ0n) is 11.9. The lowest BCUT2D eigenvalue weighted by Crippen LogP contribution is -2.18. The van der Waals surface area contributed by atoms with Gasteiger partial charge >= 0.3 is 0 Å². The molecule has 0 saturated carbocycles. The molecule has 5 heteroatoms. The maximum absolute atomic E-state index is 13.4. The summed E-state index contributed by atoms with van der Waals surface area (Å²) >= 11 is 1.45. The average Bonchev–Trinajstić information content (AvgIpc) is 2.30. The quantitative estimate of drug-likeness (QED) is 0.878. The van der Waals surface area contributed by atoms with E-state index < -0.39 is 0 Å². The maximum Gasteiger partial charge on any atom is 0.192 e. The highest BCUT2D eigenvalue weighted by Gasteiger charge is 2.10. The number of hydrogen-bond donors (Lipinski definition) is 1. The Morgan fingerprint density at radius 1 is 1.20 bits per heavy atom. The van der Waals surface area contributed by atoms with Crippen LogP contribution in [0.2, 0.25) is 0 Å². The van der Waals surface area contributed by atoms with Gasteiger partial charge < -0.3 is 5.73 Å². The molecule has 3 nitrogen and oxygen atoms in total. The van der Waals surface area contributed by atoms with Crippen molar-refractivity contribution in [3.05, 3.63) is 47.0 Å². The molecule has 2 aromatic rings. The van der Waals surface area contributed by atoms with Gasteiger partial charge in [0, 0.05) is 22.3 Å². The molecule has 1 aromatic heterocycles. The van der Waals surface area contributed by atoms with Crippen molar-refractivity contribution in [3.8, 4) is 0 Å². The molecule has 0 aliphatic carbocycles. The SMILES string of the molecule is Cc1cc(C)nc(Sc2ccc(F)cc2CC(C)N)n1. The molecule has 0 spiro atoms. The Bertz CT molecular complexity index is 594. The number of benzene rings is 1. The summed E-state index contributed by atoms with van der Waals surface area (Å²) in [5.74, 6) is -0.244.